The molecule has 0 amide bonds. The summed E-state index contributed by atoms with van der Waals surface area (Å²) in [5.41, 5.74) is 1.09. The maximum absolute atomic E-state index is 12.5. The van der Waals surface area contributed by atoms with Crippen molar-refractivity contribution >= 4 is 10.9 Å². The molecule has 0 aliphatic carbocycles. The van der Waals surface area contributed by atoms with Crippen molar-refractivity contribution in [3.63, 3.8) is 0 Å². The van der Waals surface area contributed by atoms with Crippen LogP contribution >= 0.6 is 0 Å². The van der Waals surface area contributed by atoms with Crippen LogP contribution in [0.2, 0.25) is 0 Å². The number of rotatable bonds is 3. The van der Waals surface area contributed by atoms with Gasteiger partial charge in [0.15, 0.2) is 5.76 Å². The Morgan fingerprint density at radius 2 is 2.22 bits per heavy atom. The van der Waals surface area contributed by atoms with Gasteiger partial charge in [-0.25, -0.2) is 9.97 Å². The highest BCUT2D eigenvalue weighted by Crippen LogP contribution is 2.22. The van der Waals surface area contributed by atoms with Gasteiger partial charge in [0.05, 0.1) is 36.2 Å². The zero-order valence-electron chi connectivity index (χ0n) is 12.3. The highest BCUT2D eigenvalue weighted by atomic mass is 16.4. The second-order valence-electron chi connectivity index (χ2n) is 5.07. The van der Waals surface area contributed by atoms with Crippen LogP contribution in [0.25, 0.3) is 22.6 Å². The Kier molecular flexibility index (Phi) is 3.04. The molecule has 0 radical (unpaired) electrons. The molecule has 0 spiro atoms. The predicted molar refractivity (Wildman–Crippen MR) is 81.8 cm³/mol. The summed E-state index contributed by atoms with van der Waals surface area (Å²) in [5, 5.41) is 0.523. The first-order valence-electron chi connectivity index (χ1n) is 7.02. The molecule has 114 valence electrons. The summed E-state index contributed by atoms with van der Waals surface area (Å²) >= 11 is 0. The maximum Gasteiger partial charge on any atom is 0.263 e. The van der Waals surface area contributed by atoms with E-state index in [1.807, 2.05) is 0 Å². The van der Waals surface area contributed by atoms with E-state index in [0.717, 1.165) is 0 Å². The van der Waals surface area contributed by atoms with Gasteiger partial charge >= 0.3 is 0 Å². The molecule has 0 bridgehead atoms. The molecule has 0 unspecified atom stereocenters. The molecular formula is C16H12N4O3. The lowest BCUT2D eigenvalue weighted by molar-refractivity contribution is 0.499. The number of fused-ring (bicyclic) bond motifs is 1. The third kappa shape index (κ3) is 2.32. The van der Waals surface area contributed by atoms with Crippen LogP contribution in [-0.2, 0) is 6.54 Å². The Morgan fingerprint density at radius 3 is 3.04 bits per heavy atom. The smallest absolute Gasteiger partial charge is 0.263 e. The molecule has 23 heavy (non-hydrogen) atoms. The van der Waals surface area contributed by atoms with Crippen LogP contribution in [-0.4, -0.2) is 19.5 Å². The first kappa shape index (κ1) is 13.4. The van der Waals surface area contributed by atoms with Gasteiger partial charge in [0.2, 0.25) is 0 Å². The Hall–Kier alpha value is -3.22. The van der Waals surface area contributed by atoms with Gasteiger partial charge in [0.1, 0.15) is 11.5 Å². The number of aromatic nitrogens is 4. The van der Waals surface area contributed by atoms with E-state index in [2.05, 4.69) is 15.0 Å². The number of oxazole rings is 1. The number of furan rings is 1. The summed E-state index contributed by atoms with van der Waals surface area (Å²) in [6.45, 7) is 2.08. The van der Waals surface area contributed by atoms with Gasteiger partial charge < -0.3 is 8.83 Å². The number of aryl methyl sites for hydroxylation is 1. The van der Waals surface area contributed by atoms with Crippen molar-refractivity contribution in [2.24, 2.45) is 0 Å². The van der Waals surface area contributed by atoms with Gasteiger partial charge in [-0.05, 0) is 25.1 Å². The lowest BCUT2D eigenvalue weighted by Gasteiger charge is -2.04. The van der Waals surface area contributed by atoms with Crippen LogP contribution < -0.4 is 5.56 Å². The minimum Gasteiger partial charge on any atom is -0.459 e. The Morgan fingerprint density at radius 1 is 1.30 bits per heavy atom. The van der Waals surface area contributed by atoms with E-state index in [-0.39, 0.29) is 12.1 Å². The van der Waals surface area contributed by atoms with Gasteiger partial charge in [-0.15, -0.1) is 0 Å². The molecule has 0 saturated carbocycles. The van der Waals surface area contributed by atoms with Gasteiger partial charge in [-0.3, -0.25) is 14.3 Å². The van der Waals surface area contributed by atoms with Crippen LogP contribution in [0.4, 0.5) is 0 Å². The maximum atomic E-state index is 12.5. The monoisotopic (exact) mass is 308 g/mol. The standard InChI is InChI=1S/C16H12N4O3/c1-10-13(19-15(23-10)14-3-2-6-22-14)8-20-9-18-12-7-17-5-4-11(12)16(20)21/h2-7,9H,8H2,1H3. The van der Waals surface area contributed by atoms with Gasteiger partial charge in [0.25, 0.3) is 11.4 Å². The van der Waals surface area contributed by atoms with Crippen molar-refractivity contribution in [3.05, 3.63) is 65.0 Å². The van der Waals surface area contributed by atoms with E-state index in [0.29, 0.717) is 34.0 Å². The second kappa shape index (κ2) is 5.20. The fraction of sp³-hybridized carbons (Fsp3) is 0.125. The van der Waals surface area contributed by atoms with E-state index in [9.17, 15) is 4.79 Å². The normalized spacial score (nSPS) is 11.2. The molecule has 0 atom stereocenters. The van der Waals surface area contributed by atoms with Gasteiger partial charge in [-0.1, -0.05) is 0 Å². The molecule has 4 aromatic heterocycles. The molecule has 7 heteroatoms. The summed E-state index contributed by atoms with van der Waals surface area (Å²) in [6, 6.07) is 5.19. The van der Waals surface area contributed by atoms with E-state index in [1.165, 1.54) is 10.9 Å². The van der Waals surface area contributed by atoms with E-state index in [4.69, 9.17) is 8.83 Å². The summed E-state index contributed by atoms with van der Waals surface area (Å²) in [7, 11) is 0. The summed E-state index contributed by atoms with van der Waals surface area (Å²) in [4.78, 5) is 25.1. The first-order chi connectivity index (χ1) is 11.2. The molecule has 4 heterocycles. The lowest BCUT2D eigenvalue weighted by Crippen LogP contribution is -2.21. The second-order valence-corrected chi connectivity index (χ2v) is 5.07. The third-order valence-corrected chi connectivity index (χ3v) is 3.57. The third-order valence-electron chi connectivity index (χ3n) is 3.57. The molecule has 0 saturated heterocycles. The van der Waals surface area contributed by atoms with Gasteiger partial charge in [-0.2, -0.15) is 0 Å². The van der Waals surface area contributed by atoms with Crippen molar-refractivity contribution in [2.45, 2.75) is 13.5 Å². The van der Waals surface area contributed by atoms with Crippen LogP contribution in [0, 0.1) is 6.92 Å². The van der Waals surface area contributed by atoms with Gasteiger partial charge in [0, 0.05) is 6.20 Å². The molecule has 7 nitrogen and oxygen atoms in total. The average Bonchev–Trinajstić information content (AvgIpc) is 3.21. The van der Waals surface area contributed by atoms with E-state index >= 15 is 0 Å². The predicted octanol–water partition coefficient (Wildman–Crippen LogP) is 2.40. The first-order valence-corrected chi connectivity index (χ1v) is 7.02. The molecule has 0 aliphatic heterocycles. The molecule has 0 N–H and O–H groups in total. The SMILES string of the molecule is Cc1oc(-c2ccco2)nc1Cn1cnc2cnccc2c1=O. The van der Waals surface area contributed by atoms with Crippen LogP contribution in [0.1, 0.15) is 11.5 Å². The van der Waals surface area contributed by atoms with Crippen molar-refractivity contribution in [1.82, 2.24) is 19.5 Å². The molecule has 4 rings (SSSR count). The Bertz CT molecular complexity index is 1030. The van der Waals surface area contributed by atoms with E-state index < -0.39 is 0 Å². The van der Waals surface area contributed by atoms with Crippen molar-refractivity contribution in [3.8, 4) is 11.7 Å². The van der Waals surface area contributed by atoms with Crippen LogP contribution in [0.5, 0.6) is 0 Å². The zero-order valence-corrected chi connectivity index (χ0v) is 12.3. The zero-order chi connectivity index (χ0) is 15.8. The minimum absolute atomic E-state index is 0.139. The number of nitrogens with zero attached hydrogens (tertiary/aromatic N) is 4. The quantitative estimate of drug-likeness (QED) is 0.577. The molecule has 0 aromatic carbocycles. The highest BCUT2D eigenvalue weighted by molar-refractivity contribution is 5.75. The van der Waals surface area contributed by atoms with Crippen molar-refractivity contribution in [1.29, 1.82) is 0 Å². The number of hydrogen-bond acceptors (Lipinski definition) is 6. The fourth-order valence-corrected chi connectivity index (χ4v) is 2.36. The lowest BCUT2D eigenvalue weighted by atomic mass is 10.3. The summed E-state index contributed by atoms with van der Waals surface area (Å²) < 4.78 is 12.4. The van der Waals surface area contributed by atoms with Crippen LogP contribution in [0.15, 0.2) is 56.8 Å². The topological polar surface area (TPSA) is 86.9 Å². The van der Waals surface area contributed by atoms with E-state index in [1.54, 1.807) is 43.8 Å². The number of hydrogen-bond donors (Lipinski definition) is 0. The Balaban J connectivity index is 1.74. The largest absolute Gasteiger partial charge is 0.459 e. The van der Waals surface area contributed by atoms with Crippen LogP contribution in [0.3, 0.4) is 0 Å². The molecule has 0 aliphatic rings. The van der Waals surface area contributed by atoms with Crippen molar-refractivity contribution in [2.75, 3.05) is 0 Å². The highest BCUT2D eigenvalue weighted by Gasteiger charge is 2.15. The number of pyridine rings is 1. The molecule has 4 aromatic rings. The summed E-state index contributed by atoms with van der Waals surface area (Å²) in [5.74, 6) is 1.58. The summed E-state index contributed by atoms with van der Waals surface area (Å²) in [6.07, 6.45) is 6.19. The van der Waals surface area contributed by atoms with Crippen molar-refractivity contribution < 1.29 is 8.83 Å². The minimum atomic E-state index is -0.139. The Labute approximate surface area is 130 Å². The fourth-order valence-electron chi connectivity index (χ4n) is 2.36. The molecular weight excluding hydrogens is 296 g/mol. The average molecular weight is 308 g/mol. The molecule has 0 fully saturated rings.